The van der Waals surface area contributed by atoms with Gasteiger partial charge in [-0.1, -0.05) is 25.1 Å². The molecule has 1 saturated heterocycles. The van der Waals surface area contributed by atoms with Gasteiger partial charge in [0.05, 0.1) is 0 Å². The van der Waals surface area contributed by atoms with E-state index >= 15 is 0 Å². The second-order valence-corrected chi connectivity index (χ2v) is 4.64. The van der Waals surface area contributed by atoms with Crippen molar-refractivity contribution in [3.8, 4) is 0 Å². The zero-order valence-corrected chi connectivity index (χ0v) is 10.2. The van der Waals surface area contributed by atoms with Gasteiger partial charge in [-0.2, -0.15) is 0 Å². The maximum atomic E-state index is 3.50. The van der Waals surface area contributed by atoms with Gasteiger partial charge in [-0.05, 0) is 18.2 Å². The summed E-state index contributed by atoms with van der Waals surface area (Å²) < 4.78 is 0. The van der Waals surface area contributed by atoms with Crippen LogP contribution in [0.2, 0.25) is 0 Å². The lowest BCUT2D eigenvalue weighted by Gasteiger charge is -2.35. The predicted octanol–water partition coefficient (Wildman–Crippen LogP) is 2.13. The number of rotatable bonds is 2. The molecule has 0 radical (unpaired) electrons. The number of hydrogen-bond donors (Lipinski definition) is 2. The lowest BCUT2D eigenvalue weighted by molar-refractivity contribution is 0.172. The molecule has 3 heteroatoms. The Bertz CT molecular complexity index is 503. The molecule has 2 heterocycles. The van der Waals surface area contributed by atoms with Crippen molar-refractivity contribution in [2.45, 2.75) is 13.0 Å². The molecular formula is C14H19N3. The summed E-state index contributed by atoms with van der Waals surface area (Å²) in [5.74, 6) is 0. The van der Waals surface area contributed by atoms with Gasteiger partial charge < -0.3 is 10.3 Å². The first-order valence-electron chi connectivity index (χ1n) is 6.41. The molecule has 0 spiro atoms. The van der Waals surface area contributed by atoms with E-state index in [4.69, 9.17) is 0 Å². The van der Waals surface area contributed by atoms with E-state index in [1.54, 1.807) is 0 Å². The number of benzene rings is 1. The first-order valence-corrected chi connectivity index (χ1v) is 6.41. The van der Waals surface area contributed by atoms with Gasteiger partial charge in [0.2, 0.25) is 0 Å². The quantitative estimate of drug-likeness (QED) is 0.826. The first-order chi connectivity index (χ1) is 8.40. The van der Waals surface area contributed by atoms with E-state index in [2.05, 4.69) is 52.6 Å². The van der Waals surface area contributed by atoms with Crippen LogP contribution in [0.3, 0.4) is 0 Å². The van der Waals surface area contributed by atoms with Crippen LogP contribution in [0.4, 0.5) is 0 Å². The minimum atomic E-state index is 0.505. The summed E-state index contributed by atoms with van der Waals surface area (Å²) in [5, 5.41) is 4.86. The normalized spacial score (nSPS) is 22.1. The fraction of sp³-hybridized carbons (Fsp3) is 0.429. The number of nitrogens with zero attached hydrogens (tertiary/aromatic N) is 1. The van der Waals surface area contributed by atoms with Gasteiger partial charge >= 0.3 is 0 Å². The van der Waals surface area contributed by atoms with Crippen LogP contribution >= 0.6 is 0 Å². The van der Waals surface area contributed by atoms with Crippen molar-refractivity contribution >= 4 is 10.9 Å². The number of aromatic amines is 1. The number of piperazine rings is 1. The van der Waals surface area contributed by atoms with Crippen LogP contribution in [-0.4, -0.2) is 36.1 Å². The Morgan fingerprint density at radius 1 is 1.35 bits per heavy atom. The summed E-state index contributed by atoms with van der Waals surface area (Å²) in [7, 11) is 0. The molecule has 1 atom stereocenters. The number of fused-ring (bicyclic) bond motifs is 1. The highest BCUT2D eigenvalue weighted by Gasteiger charge is 2.24. The average molecular weight is 229 g/mol. The largest absolute Gasteiger partial charge is 0.361 e. The molecule has 17 heavy (non-hydrogen) atoms. The van der Waals surface area contributed by atoms with Crippen molar-refractivity contribution in [1.82, 2.24) is 15.2 Å². The SMILES string of the molecule is CCN1CCNCC1c1c[nH]c2ccccc12. The lowest BCUT2D eigenvalue weighted by Crippen LogP contribution is -2.45. The second kappa shape index (κ2) is 4.51. The Morgan fingerprint density at radius 3 is 3.12 bits per heavy atom. The van der Waals surface area contributed by atoms with Gasteiger partial charge in [0.15, 0.2) is 0 Å². The maximum absolute atomic E-state index is 3.50. The Labute approximate surface area is 102 Å². The molecule has 2 aromatic rings. The van der Waals surface area contributed by atoms with Crippen LogP contribution < -0.4 is 5.32 Å². The summed E-state index contributed by atoms with van der Waals surface area (Å²) in [6.45, 7) is 6.65. The van der Waals surface area contributed by atoms with E-state index < -0.39 is 0 Å². The minimum Gasteiger partial charge on any atom is -0.361 e. The Hall–Kier alpha value is -1.32. The number of likely N-dealkylation sites (N-methyl/N-ethyl adjacent to an activating group) is 1. The van der Waals surface area contributed by atoms with Crippen molar-refractivity contribution in [3.05, 3.63) is 36.0 Å². The second-order valence-electron chi connectivity index (χ2n) is 4.64. The van der Waals surface area contributed by atoms with E-state index in [0.29, 0.717) is 6.04 Å². The molecule has 1 aromatic heterocycles. The van der Waals surface area contributed by atoms with Gasteiger partial charge in [-0.3, -0.25) is 4.90 Å². The predicted molar refractivity (Wildman–Crippen MR) is 71.2 cm³/mol. The van der Waals surface area contributed by atoms with E-state index in [-0.39, 0.29) is 0 Å². The molecule has 0 amide bonds. The van der Waals surface area contributed by atoms with Crippen LogP contribution in [0.1, 0.15) is 18.5 Å². The number of H-pyrrole nitrogens is 1. The van der Waals surface area contributed by atoms with Crippen molar-refractivity contribution in [2.75, 3.05) is 26.2 Å². The monoisotopic (exact) mass is 229 g/mol. The number of aromatic nitrogens is 1. The molecule has 0 saturated carbocycles. The molecule has 1 aliphatic rings. The molecule has 3 rings (SSSR count). The number of para-hydroxylation sites is 1. The van der Waals surface area contributed by atoms with E-state index in [9.17, 15) is 0 Å². The highest BCUT2D eigenvalue weighted by atomic mass is 15.2. The molecule has 0 bridgehead atoms. The molecule has 1 aliphatic heterocycles. The molecule has 90 valence electrons. The van der Waals surface area contributed by atoms with E-state index in [0.717, 1.165) is 26.2 Å². The minimum absolute atomic E-state index is 0.505. The molecule has 1 fully saturated rings. The number of nitrogens with one attached hydrogen (secondary N) is 2. The average Bonchev–Trinajstić information content (AvgIpc) is 2.82. The van der Waals surface area contributed by atoms with Gasteiger partial charge in [0, 0.05) is 42.8 Å². The van der Waals surface area contributed by atoms with Crippen LogP contribution in [-0.2, 0) is 0 Å². The third-order valence-electron chi connectivity index (χ3n) is 3.74. The summed E-state index contributed by atoms with van der Waals surface area (Å²) in [6, 6.07) is 9.06. The fourth-order valence-corrected chi connectivity index (χ4v) is 2.80. The molecular weight excluding hydrogens is 210 g/mol. The fourth-order valence-electron chi connectivity index (χ4n) is 2.80. The van der Waals surface area contributed by atoms with Gasteiger partial charge in [0.1, 0.15) is 0 Å². The molecule has 1 unspecified atom stereocenters. The molecule has 2 N–H and O–H groups in total. The Kier molecular flexibility index (Phi) is 2.87. The van der Waals surface area contributed by atoms with Crippen LogP contribution in [0.5, 0.6) is 0 Å². The Balaban J connectivity index is 2.01. The smallest absolute Gasteiger partial charge is 0.0494 e. The van der Waals surface area contributed by atoms with Crippen LogP contribution in [0.25, 0.3) is 10.9 Å². The lowest BCUT2D eigenvalue weighted by atomic mass is 10.0. The summed E-state index contributed by atoms with van der Waals surface area (Å²) in [6.07, 6.45) is 2.17. The van der Waals surface area contributed by atoms with Crippen molar-refractivity contribution < 1.29 is 0 Å². The highest BCUT2D eigenvalue weighted by Crippen LogP contribution is 2.28. The maximum Gasteiger partial charge on any atom is 0.0494 e. The van der Waals surface area contributed by atoms with E-state index in [1.807, 2.05) is 0 Å². The van der Waals surface area contributed by atoms with Crippen molar-refractivity contribution in [3.63, 3.8) is 0 Å². The number of hydrogen-bond acceptors (Lipinski definition) is 2. The van der Waals surface area contributed by atoms with Crippen molar-refractivity contribution in [2.24, 2.45) is 0 Å². The van der Waals surface area contributed by atoms with Crippen LogP contribution in [0, 0.1) is 0 Å². The third-order valence-corrected chi connectivity index (χ3v) is 3.74. The van der Waals surface area contributed by atoms with Gasteiger partial charge in [0.25, 0.3) is 0 Å². The molecule has 1 aromatic carbocycles. The topological polar surface area (TPSA) is 31.1 Å². The third kappa shape index (κ3) is 1.85. The summed E-state index contributed by atoms with van der Waals surface area (Å²) in [4.78, 5) is 5.92. The van der Waals surface area contributed by atoms with Gasteiger partial charge in [-0.25, -0.2) is 0 Å². The standard InChI is InChI=1S/C14H19N3/c1-2-17-8-7-15-10-14(17)12-9-16-13-6-4-3-5-11(12)13/h3-6,9,14-16H,2,7-8,10H2,1H3. The molecule has 3 nitrogen and oxygen atoms in total. The zero-order valence-electron chi connectivity index (χ0n) is 10.2. The highest BCUT2D eigenvalue weighted by molar-refractivity contribution is 5.83. The summed E-state index contributed by atoms with van der Waals surface area (Å²) >= 11 is 0. The first kappa shape index (κ1) is 10.8. The molecule has 0 aliphatic carbocycles. The van der Waals surface area contributed by atoms with Gasteiger partial charge in [-0.15, -0.1) is 0 Å². The van der Waals surface area contributed by atoms with Crippen molar-refractivity contribution in [1.29, 1.82) is 0 Å². The Morgan fingerprint density at radius 2 is 2.24 bits per heavy atom. The van der Waals surface area contributed by atoms with Crippen LogP contribution in [0.15, 0.2) is 30.5 Å². The zero-order chi connectivity index (χ0) is 11.7. The van der Waals surface area contributed by atoms with E-state index in [1.165, 1.54) is 16.5 Å². The summed E-state index contributed by atoms with van der Waals surface area (Å²) in [5.41, 5.74) is 2.67.